The molecule has 3 atom stereocenters. The molecule has 1 saturated heterocycles. The Hall–Kier alpha value is -0.610. The molecule has 2 saturated carbocycles. The first kappa shape index (κ1) is 12.4. The highest BCUT2D eigenvalue weighted by atomic mass is 15.5. The van der Waals surface area contributed by atoms with Crippen LogP contribution in [-0.2, 0) is 0 Å². The first-order valence-corrected chi connectivity index (χ1v) is 7.73. The van der Waals surface area contributed by atoms with Crippen molar-refractivity contribution in [1.82, 2.24) is 16.3 Å². The van der Waals surface area contributed by atoms with Gasteiger partial charge in [0, 0.05) is 12.3 Å². The molecule has 3 N–H and O–H groups in total. The topological polar surface area (TPSA) is 48.5 Å². The molecule has 4 nitrogen and oxygen atoms in total. The van der Waals surface area contributed by atoms with E-state index in [9.17, 15) is 0 Å². The number of fused-ring (bicyclic) bond motifs is 1. The lowest BCUT2D eigenvalue weighted by atomic mass is 9.77. The van der Waals surface area contributed by atoms with E-state index in [4.69, 9.17) is 0 Å². The lowest BCUT2D eigenvalue weighted by Crippen LogP contribution is -2.61. The zero-order valence-electron chi connectivity index (χ0n) is 11.3. The van der Waals surface area contributed by atoms with Gasteiger partial charge < -0.3 is 0 Å². The Morgan fingerprint density at radius 2 is 1.83 bits per heavy atom. The molecule has 2 aliphatic carbocycles. The Morgan fingerprint density at radius 3 is 2.72 bits per heavy atom. The van der Waals surface area contributed by atoms with Gasteiger partial charge in [0.1, 0.15) is 6.17 Å². The number of hydrazone groups is 1. The lowest BCUT2D eigenvalue weighted by Gasteiger charge is -2.41. The quantitative estimate of drug-likeness (QED) is 0.658. The zero-order valence-corrected chi connectivity index (χ0v) is 11.3. The number of hydrogen-bond donors (Lipinski definition) is 3. The van der Waals surface area contributed by atoms with Crippen LogP contribution in [0.5, 0.6) is 0 Å². The van der Waals surface area contributed by atoms with Crippen molar-refractivity contribution >= 4 is 5.71 Å². The van der Waals surface area contributed by atoms with Gasteiger partial charge in [-0.15, -0.1) is 0 Å². The minimum Gasteiger partial charge on any atom is -0.291 e. The molecule has 3 unspecified atom stereocenters. The van der Waals surface area contributed by atoms with Gasteiger partial charge in [0.05, 0.1) is 0 Å². The molecule has 0 aromatic carbocycles. The molecule has 1 aliphatic heterocycles. The van der Waals surface area contributed by atoms with E-state index in [1.54, 1.807) is 0 Å². The van der Waals surface area contributed by atoms with Gasteiger partial charge in [-0.3, -0.25) is 10.9 Å². The van der Waals surface area contributed by atoms with Crippen molar-refractivity contribution in [3.05, 3.63) is 0 Å². The van der Waals surface area contributed by atoms with Gasteiger partial charge in [0.15, 0.2) is 0 Å². The molecule has 3 fully saturated rings. The first-order chi connectivity index (χ1) is 8.93. The smallest absolute Gasteiger partial charge is 0.109 e. The molecule has 18 heavy (non-hydrogen) atoms. The Kier molecular flexibility index (Phi) is 4.16. The predicted molar refractivity (Wildman–Crippen MR) is 74.0 cm³/mol. The fraction of sp³-hybridized carbons (Fsp3) is 0.929. The maximum absolute atomic E-state index is 4.66. The van der Waals surface area contributed by atoms with E-state index in [0.29, 0.717) is 6.17 Å². The van der Waals surface area contributed by atoms with Crippen molar-refractivity contribution in [2.24, 2.45) is 16.9 Å². The van der Waals surface area contributed by atoms with Gasteiger partial charge in [-0.05, 0) is 50.4 Å². The molecule has 0 aromatic heterocycles. The highest BCUT2D eigenvalue weighted by molar-refractivity contribution is 5.84. The van der Waals surface area contributed by atoms with Crippen LogP contribution in [0.1, 0.15) is 57.8 Å². The number of rotatable bonds is 2. The van der Waals surface area contributed by atoms with Gasteiger partial charge in [0.2, 0.25) is 0 Å². The fourth-order valence-electron chi connectivity index (χ4n) is 3.70. The molecule has 0 aromatic rings. The molecule has 102 valence electrons. The molecule has 3 aliphatic rings. The Balaban J connectivity index is 1.57. The third kappa shape index (κ3) is 2.86. The molecular formula is C14H26N4. The number of hydrazine groups is 1. The average molecular weight is 250 g/mol. The molecule has 4 heteroatoms. The molecule has 0 spiro atoms. The summed E-state index contributed by atoms with van der Waals surface area (Å²) >= 11 is 0. The fourth-order valence-corrected chi connectivity index (χ4v) is 3.70. The van der Waals surface area contributed by atoms with Crippen LogP contribution in [0.2, 0.25) is 0 Å². The minimum absolute atomic E-state index is 0.332. The Labute approximate surface area is 110 Å². The van der Waals surface area contributed by atoms with E-state index in [1.165, 1.54) is 63.5 Å². The normalized spacial score (nSPS) is 36.9. The van der Waals surface area contributed by atoms with Gasteiger partial charge in [-0.25, -0.2) is 5.43 Å². The maximum Gasteiger partial charge on any atom is 0.109 e. The summed E-state index contributed by atoms with van der Waals surface area (Å²) in [4.78, 5) is 0. The predicted octanol–water partition coefficient (Wildman–Crippen LogP) is 2.14. The largest absolute Gasteiger partial charge is 0.291 e. The van der Waals surface area contributed by atoms with Crippen LogP contribution < -0.4 is 16.3 Å². The van der Waals surface area contributed by atoms with Crippen LogP contribution in [0.15, 0.2) is 5.10 Å². The van der Waals surface area contributed by atoms with Crippen LogP contribution in [0.4, 0.5) is 0 Å². The van der Waals surface area contributed by atoms with E-state index in [1.807, 2.05) is 0 Å². The van der Waals surface area contributed by atoms with Crippen LogP contribution in [-0.4, -0.2) is 18.4 Å². The summed E-state index contributed by atoms with van der Waals surface area (Å²) in [6, 6.07) is 0. The highest BCUT2D eigenvalue weighted by Gasteiger charge is 2.34. The van der Waals surface area contributed by atoms with Crippen LogP contribution in [0.25, 0.3) is 0 Å². The molecule has 0 radical (unpaired) electrons. The van der Waals surface area contributed by atoms with Crippen molar-refractivity contribution in [3.63, 3.8) is 0 Å². The third-order valence-electron chi connectivity index (χ3n) is 4.81. The summed E-state index contributed by atoms with van der Waals surface area (Å²) in [6.07, 6.45) is 12.3. The van der Waals surface area contributed by atoms with Gasteiger partial charge in [-0.2, -0.15) is 5.10 Å². The number of nitrogens with one attached hydrogen (secondary N) is 3. The summed E-state index contributed by atoms with van der Waals surface area (Å²) < 4.78 is 0. The van der Waals surface area contributed by atoms with E-state index >= 15 is 0 Å². The summed E-state index contributed by atoms with van der Waals surface area (Å²) in [5.41, 5.74) is 11.5. The van der Waals surface area contributed by atoms with Gasteiger partial charge in [-0.1, -0.05) is 19.3 Å². The van der Waals surface area contributed by atoms with Gasteiger partial charge >= 0.3 is 0 Å². The second kappa shape index (κ2) is 6.02. The number of hydrogen-bond acceptors (Lipinski definition) is 4. The monoisotopic (exact) mass is 250 g/mol. The summed E-state index contributed by atoms with van der Waals surface area (Å²) in [6.45, 7) is 1.12. The number of nitrogens with zero attached hydrogens (tertiary/aromatic N) is 1. The molecule has 0 bridgehead atoms. The summed E-state index contributed by atoms with van der Waals surface area (Å²) in [5, 5.41) is 4.66. The summed E-state index contributed by atoms with van der Waals surface area (Å²) in [7, 11) is 0. The second-order valence-corrected chi connectivity index (χ2v) is 6.08. The summed E-state index contributed by atoms with van der Waals surface area (Å²) in [5.74, 6) is 1.59. The standard InChI is InChI=1S/C14H26N4/c1-2-7-12(8-3-1)16-18-14-13-9-5-4-6-11(13)10-15-17-14/h11,13-15,17-18H,1-10H2. The molecule has 1 heterocycles. The van der Waals surface area contributed by atoms with Crippen molar-refractivity contribution < 1.29 is 0 Å². The second-order valence-electron chi connectivity index (χ2n) is 6.08. The van der Waals surface area contributed by atoms with Crippen LogP contribution in [0.3, 0.4) is 0 Å². The van der Waals surface area contributed by atoms with Gasteiger partial charge in [0.25, 0.3) is 0 Å². The Bertz CT molecular complexity index is 292. The highest BCUT2D eigenvalue weighted by Crippen LogP contribution is 2.32. The molecule has 0 amide bonds. The SMILES string of the molecule is C1CCC(=NNC2NNCC3CCCCC32)CC1. The third-order valence-corrected chi connectivity index (χ3v) is 4.81. The van der Waals surface area contributed by atoms with Crippen molar-refractivity contribution in [2.45, 2.75) is 64.0 Å². The molecule has 3 rings (SSSR count). The zero-order chi connectivity index (χ0) is 12.2. The van der Waals surface area contributed by atoms with E-state index in [0.717, 1.165) is 18.4 Å². The lowest BCUT2D eigenvalue weighted by molar-refractivity contribution is 0.0994. The van der Waals surface area contributed by atoms with E-state index < -0.39 is 0 Å². The Morgan fingerprint density at radius 1 is 1.00 bits per heavy atom. The first-order valence-electron chi connectivity index (χ1n) is 7.73. The molecular weight excluding hydrogens is 224 g/mol. The van der Waals surface area contributed by atoms with E-state index in [2.05, 4.69) is 21.4 Å². The van der Waals surface area contributed by atoms with E-state index in [-0.39, 0.29) is 0 Å². The van der Waals surface area contributed by atoms with Crippen LogP contribution >= 0.6 is 0 Å². The van der Waals surface area contributed by atoms with Crippen molar-refractivity contribution in [2.75, 3.05) is 6.54 Å². The average Bonchev–Trinajstić information content (AvgIpc) is 2.46. The maximum atomic E-state index is 4.66. The van der Waals surface area contributed by atoms with Crippen molar-refractivity contribution in [1.29, 1.82) is 0 Å². The minimum atomic E-state index is 0.332. The van der Waals surface area contributed by atoms with Crippen molar-refractivity contribution in [3.8, 4) is 0 Å². The van der Waals surface area contributed by atoms with Crippen LogP contribution in [0, 0.1) is 11.8 Å².